The first-order valence-electron chi connectivity index (χ1n) is 11.0. The van der Waals surface area contributed by atoms with Crippen LogP contribution in [0.25, 0.3) is 0 Å². The van der Waals surface area contributed by atoms with Crippen molar-refractivity contribution >= 4 is 0 Å². The summed E-state index contributed by atoms with van der Waals surface area (Å²) < 4.78 is 17.9. The van der Waals surface area contributed by atoms with Gasteiger partial charge in [-0.15, -0.1) is 0 Å². The molecule has 3 nitrogen and oxygen atoms in total. The molecule has 0 fully saturated rings. The van der Waals surface area contributed by atoms with Gasteiger partial charge in [-0.1, -0.05) is 53.4 Å². The summed E-state index contributed by atoms with van der Waals surface area (Å²) in [6, 6.07) is 0. The molecule has 25 heavy (non-hydrogen) atoms. The first-order valence-corrected chi connectivity index (χ1v) is 11.0. The summed E-state index contributed by atoms with van der Waals surface area (Å²) >= 11 is 0. The second kappa shape index (κ2) is 17.3. The molecule has 0 N–H and O–H groups in total. The fourth-order valence-corrected chi connectivity index (χ4v) is 3.78. The Kier molecular flexibility index (Phi) is 17.2. The topological polar surface area (TPSA) is 27.7 Å². The third kappa shape index (κ3) is 11.2. The molecule has 0 rings (SSSR count). The van der Waals surface area contributed by atoms with Crippen LogP contribution < -0.4 is 0 Å². The smallest absolute Gasteiger partial charge is 0.0603 e. The van der Waals surface area contributed by atoms with E-state index in [9.17, 15) is 0 Å². The van der Waals surface area contributed by atoms with Crippen LogP contribution in [0, 0.1) is 11.8 Å². The van der Waals surface area contributed by atoms with Gasteiger partial charge < -0.3 is 14.2 Å². The summed E-state index contributed by atoms with van der Waals surface area (Å²) in [6.45, 7) is 16.6. The van der Waals surface area contributed by atoms with E-state index in [0.29, 0.717) is 24.0 Å². The molecule has 0 saturated heterocycles. The van der Waals surface area contributed by atoms with Crippen molar-refractivity contribution in [3.8, 4) is 0 Å². The summed E-state index contributed by atoms with van der Waals surface area (Å²) in [6.07, 6.45) is 10.1. The average molecular weight is 359 g/mol. The van der Waals surface area contributed by atoms with Crippen molar-refractivity contribution in [2.45, 2.75) is 105 Å². The lowest BCUT2D eigenvalue weighted by Crippen LogP contribution is -2.26. The number of hydrogen-bond donors (Lipinski definition) is 0. The zero-order chi connectivity index (χ0) is 18.9. The van der Waals surface area contributed by atoms with Crippen molar-refractivity contribution in [1.29, 1.82) is 0 Å². The van der Waals surface area contributed by atoms with E-state index in [1.54, 1.807) is 0 Å². The lowest BCUT2D eigenvalue weighted by atomic mass is 9.92. The Morgan fingerprint density at radius 3 is 1.24 bits per heavy atom. The van der Waals surface area contributed by atoms with Crippen LogP contribution in [-0.2, 0) is 14.2 Å². The Morgan fingerprint density at radius 2 is 0.960 bits per heavy atom. The van der Waals surface area contributed by atoms with E-state index in [-0.39, 0.29) is 0 Å². The fourth-order valence-electron chi connectivity index (χ4n) is 3.78. The highest BCUT2D eigenvalue weighted by Crippen LogP contribution is 2.23. The van der Waals surface area contributed by atoms with E-state index in [0.717, 1.165) is 52.1 Å². The maximum Gasteiger partial charge on any atom is 0.0603 e. The van der Waals surface area contributed by atoms with Gasteiger partial charge in [0.15, 0.2) is 0 Å². The first kappa shape index (κ1) is 24.9. The van der Waals surface area contributed by atoms with Crippen LogP contribution in [-0.4, -0.2) is 38.6 Å². The fraction of sp³-hybridized carbons (Fsp3) is 1.00. The lowest BCUT2D eigenvalue weighted by Gasteiger charge is -2.27. The molecule has 152 valence electrons. The molecule has 4 atom stereocenters. The summed E-state index contributed by atoms with van der Waals surface area (Å²) in [5.41, 5.74) is 0. The van der Waals surface area contributed by atoms with E-state index < -0.39 is 0 Å². The summed E-state index contributed by atoms with van der Waals surface area (Å²) in [5, 5.41) is 0. The predicted octanol–water partition coefficient (Wildman–Crippen LogP) is 6.25. The van der Waals surface area contributed by atoms with Gasteiger partial charge in [-0.05, 0) is 51.4 Å². The van der Waals surface area contributed by atoms with Crippen molar-refractivity contribution in [3.63, 3.8) is 0 Å². The minimum absolute atomic E-state index is 0.402. The zero-order valence-electron chi connectivity index (χ0n) is 18.0. The first-order chi connectivity index (χ1) is 12.2. The molecule has 0 aromatic rings. The van der Waals surface area contributed by atoms with Crippen LogP contribution in [0.1, 0.15) is 92.9 Å². The molecule has 0 aliphatic rings. The number of ether oxygens (including phenoxy) is 3. The predicted molar refractivity (Wildman–Crippen MR) is 108 cm³/mol. The maximum atomic E-state index is 6.00. The van der Waals surface area contributed by atoms with Crippen LogP contribution in [0.2, 0.25) is 0 Å². The Balaban J connectivity index is 4.17. The Hall–Kier alpha value is -0.120. The van der Waals surface area contributed by atoms with Gasteiger partial charge in [-0.25, -0.2) is 0 Å². The minimum atomic E-state index is 0.402. The highest BCUT2D eigenvalue weighted by atomic mass is 16.5. The lowest BCUT2D eigenvalue weighted by molar-refractivity contribution is -0.0122. The molecule has 0 aliphatic carbocycles. The molecule has 0 saturated carbocycles. The average Bonchev–Trinajstić information content (AvgIpc) is 2.61. The molecule has 0 radical (unpaired) electrons. The SMILES string of the molecule is CCCC(OCC)C(CC)CCOCCC(CC)C(CCC)OCC. The second-order valence-corrected chi connectivity index (χ2v) is 7.09. The maximum absolute atomic E-state index is 6.00. The third-order valence-corrected chi connectivity index (χ3v) is 5.27. The molecule has 0 bridgehead atoms. The Bertz CT molecular complexity index is 232. The Labute approximate surface area is 158 Å². The number of rotatable bonds is 18. The van der Waals surface area contributed by atoms with Gasteiger partial charge in [0.25, 0.3) is 0 Å². The van der Waals surface area contributed by atoms with Gasteiger partial charge in [-0.3, -0.25) is 0 Å². The molecular weight excluding hydrogens is 312 g/mol. The van der Waals surface area contributed by atoms with Crippen molar-refractivity contribution in [2.24, 2.45) is 11.8 Å². The quantitative estimate of drug-likeness (QED) is 0.271. The van der Waals surface area contributed by atoms with E-state index in [4.69, 9.17) is 14.2 Å². The second-order valence-electron chi connectivity index (χ2n) is 7.09. The van der Waals surface area contributed by atoms with E-state index >= 15 is 0 Å². The van der Waals surface area contributed by atoms with Crippen LogP contribution in [0.15, 0.2) is 0 Å². The zero-order valence-corrected chi connectivity index (χ0v) is 18.0. The van der Waals surface area contributed by atoms with Gasteiger partial charge in [0.1, 0.15) is 0 Å². The molecule has 4 unspecified atom stereocenters. The van der Waals surface area contributed by atoms with Crippen LogP contribution in [0.5, 0.6) is 0 Å². The van der Waals surface area contributed by atoms with Crippen LogP contribution in [0.3, 0.4) is 0 Å². The summed E-state index contributed by atoms with van der Waals surface area (Å²) in [5.74, 6) is 1.25. The monoisotopic (exact) mass is 358 g/mol. The normalized spacial score (nSPS) is 16.6. The van der Waals surface area contributed by atoms with Crippen LogP contribution in [0.4, 0.5) is 0 Å². The highest BCUT2D eigenvalue weighted by molar-refractivity contribution is 4.71. The van der Waals surface area contributed by atoms with Gasteiger partial charge in [0, 0.05) is 26.4 Å². The van der Waals surface area contributed by atoms with Crippen molar-refractivity contribution < 1.29 is 14.2 Å². The molecule has 0 aromatic heterocycles. The van der Waals surface area contributed by atoms with E-state index in [2.05, 4.69) is 41.5 Å². The Morgan fingerprint density at radius 1 is 0.560 bits per heavy atom. The summed E-state index contributed by atoms with van der Waals surface area (Å²) in [4.78, 5) is 0. The number of hydrogen-bond acceptors (Lipinski definition) is 3. The van der Waals surface area contributed by atoms with E-state index in [1.165, 1.54) is 25.7 Å². The molecule has 0 aromatic carbocycles. The standard InChI is InChI=1S/C22H46O3/c1-7-13-21(24-11-5)19(9-3)15-17-23-18-16-20(10-4)22(14-8-2)25-12-6/h19-22H,7-18H2,1-6H3. The molecule has 0 aliphatic heterocycles. The van der Waals surface area contributed by atoms with Gasteiger partial charge >= 0.3 is 0 Å². The highest BCUT2D eigenvalue weighted by Gasteiger charge is 2.21. The van der Waals surface area contributed by atoms with E-state index in [1.807, 2.05) is 0 Å². The molecule has 3 heteroatoms. The minimum Gasteiger partial charge on any atom is -0.381 e. The summed E-state index contributed by atoms with van der Waals surface area (Å²) in [7, 11) is 0. The molecule has 0 spiro atoms. The molecule has 0 amide bonds. The van der Waals surface area contributed by atoms with Crippen molar-refractivity contribution in [3.05, 3.63) is 0 Å². The van der Waals surface area contributed by atoms with Crippen molar-refractivity contribution in [2.75, 3.05) is 26.4 Å². The van der Waals surface area contributed by atoms with Gasteiger partial charge in [0.2, 0.25) is 0 Å². The van der Waals surface area contributed by atoms with Gasteiger partial charge in [0.05, 0.1) is 12.2 Å². The van der Waals surface area contributed by atoms with Gasteiger partial charge in [-0.2, -0.15) is 0 Å². The van der Waals surface area contributed by atoms with Crippen LogP contribution >= 0.6 is 0 Å². The van der Waals surface area contributed by atoms with Crippen molar-refractivity contribution in [1.82, 2.24) is 0 Å². The third-order valence-electron chi connectivity index (χ3n) is 5.27. The molecule has 0 heterocycles. The largest absolute Gasteiger partial charge is 0.381 e. The molecular formula is C22H46O3.